The number of unbranched alkanes of at least 4 members (excludes halogenated alkanes) is 1. The minimum atomic E-state index is -0.453. The third-order valence-electron chi connectivity index (χ3n) is 3.20. The number of nitrogen functional groups attached to an aromatic ring is 1. The van der Waals surface area contributed by atoms with Crippen molar-refractivity contribution in [2.75, 3.05) is 12.8 Å². The number of anilines is 1. The summed E-state index contributed by atoms with van der Waals surface area (Å²) in [6.45, 7) is 2.16. The molecule has 1 aromatic carbocycles. The topological polar surface area (TPSA) is 65.2 Å². The van der Waals surface area contributed by atoms with Crippen molar-refractivity contribution in [1.82, 2.24) is 4.98 Å². The molecule has 0 radical (unpaired) electrons. The number of methoxy groups -OCH3 is 1. The van der Waals surface area contributed by atoms with E-state index in [2.05, 4.69) is 18.0 Å². The lowest BCUT2D eigenvalue weighted by molar-refractivity contribution is 0.0601. The number of hydrogen-bond acceptors (Lipinski definition) is 4. The Bertz CT molecular complexity index is 608. The van der Waals surface area contributed by atoms with Crippen molar-refractivity contribution in [2.24, 2.45) is 0 Å². The average molecular weight is 258 g/mol. The second-order valence-corrected chi connectivity index (χ2v) is 4.53. The predicted octanol–water partition coefficient (Wildman–Crippen LogP) is 2.95. The Morgan fingerprint density at radius 1 is 1.42 bits per heavy atom. The smallest absolute Gasteiger partial charge is 0.341 e. The van der Waals surface area contributed by atoms with Crippen LogP contribution in [0.3, 0.4) is 0 Å². The van der Waals surface area contributed by atoms with Crippen LogP contribution in [0.1, 0.15) is 35.7 Å². The molecule has 19 heavy (non-hydrogen) atoms. The monoisotopic (exact) mass is 258 g/mol. The molecule has 0 saturated heterocycles. The van der Waals surface area contributed by atoms with E-state index in [0.29, 0.717) is 11.3 Å². The van der Waals surface area contributed by atoms with Gasteiger partial charge in [0.15, 0.2) is 0 Å². The highest BCUT2D eigenvalue weighted by molar-refractivity contribution is 6.04. The summed E-state index contributed by atoms with van der Waals surface area (Å²) in [4.78, 5) is 15.8. The fourth-order valence-corrected chi connectivity index (χ4v) is 2.07. The van der Waals surface area contributed by atoms with Gasteiger partial charge < -0.3 is 10.5 Å². The number of benzene rings is 1. The SMILES string of the molecule is CCCCc1ccc2ncc(C(=O)OC)c(N)c2c1. The van der Waals surface area contributed by atoms with E-state index in [1.165, 1.54) is 18.9 Å². The fraction of sp³-hybridized carbons (Fsp3) is 0.333. The molecule has 0 saturated carbocycles. The molecule has 0 spiro atoms. The van der Waals surface area contributed by atoms with Gasteiger partial charge in [-0.25, -0.2) is 4.79 Å². The van der Waals surface area contributed by atoms with E-state index in [1.54, 1.807) is 0 Å². The van der Waals surface area contributed by atoms with Gasteiger partial charge in [0.25, 0.3) is 0 Å². The molecule has 0 aliphatic carbocycles. The minimum Gasteiger partial charge on any atom is -0.465 e. The molecule has 100 valence electrons. The van der Waals surface area contributed by atoms with Crippen molar-refractivity contribution in [3.05, 3.63) is 35.5 Å². The largest absolute Gasteiger partial charge is 0.465 e. The van der Waals surface area contributed by atoms with Crippen LogP contribution in [0.2, 0.25) is 0 Å². The predicted molar refractivity (Wildman–Crippen MR) is 76.1 cm³/mol. The lowest BCUT2D eigenvalue weighted by Crippen LogP contribution is -2.07. The number of nitrogens with two attached hydrogens (primary N) is 1. The molecule has 0 atom stereocenters. The second kappa shape index (κ2) is 5.69. The first-order valence-corrected chi connectivity index (χ1v) is 6.42. The van der Waals surface area contributed by atoms with Gasteiger partial charge in [0.2, 0.25) is 0 Å². The standard InChI is InChI=1S/C15H18N2O2/c1-3-4-5-10-6-7-13-11(8-10)14(16)12(9-17-13)15(18)19-2/h6-9H,3-5H2,1-2H3,(H2,16,17). The maximum atomic E-state index is 11.6. The van der Waals surface area contributed by atoms with Crippen LogP contribution in [-0.4, -0.2) is 18.1 Å². The molecule has 2 aromatic rings. The highest BCUT2D eigenvalue weighted by Gasteiger charge is 2.13. The number of aryl methyl sites for hydroxylation is 1. The number of nitrogens with zero attached hydrogens (tertiary/aromatic N) is 1. The molecule has 4 nitrogen and oxygen atoms in total. The molecule has 0 aliphatic heterocycles. The van der Waals surface area contributed by atoms with Crippen LogP contribution in [-0.2, 0) is 11.2 Å². The van der Waals surface area contributed by atoms with Crippen molar-refractivity contribution in [2.45, 2.75) is 26.2 Å². The van der Waals surface area contributed by atoms with E-state index in [9.17, 15) is 4.79 Å². The summed E-state index contributed by atoms with van der Waals surface area (Å²) < 4.78 is 4.70. The van der Waals surface area contributed by atoms with Gasteiger partial charge in [-0.15, -0.1) is 0 Å². The third kappa shape index (κ3) is 2.67. The van der Waals surface area contributed by atoms with Crippen molar-refractivity contribution in [3.8, 4) is 0 Å². The Labute approximate surface area is 112 Å². The lowest BCUT2D eigenvalue weighted by atomic mass is 10.0. The Morgan fingerprint density at radius 2 is 2.21 bits per heavy atom. The van der Waals surface area contributed by atoms with Gasteiger partial charge in [0.1, 0.15) is 5.56 Å². The number of hydrogen-bond donors (Lipinski definition) is 1. The number of carbonyl (C=O) groups excluding carboxylic acids is 1. The summed E-state index contributed by atoms with van der Waals surface area (Å²) >= 11 is 0. The van der Waals surface area contributed by atoms with Crippen LogP contribution >= 0.6 is 0 Å². The van der Waals surface area contributed by atoms with Crippen LogP contribution in [0, 0.1) is 0 Å². The number of fused-ring (bicyclic) bond motifs is 1. The molecule has 1 aromatic heterocycles. The van der Waals surface area contributed by atoms with Gasteiger partial charge in [-0.05, 0) is 30.5 Å². The van der Waals surface area contributed by atoms with Crippen LogP contribution < -0.4 is 5.73 Å². The maximum Gasteiger partial charge on any atom is 0.341 e. The van der Waals surface area contributed by atoms with Crippen molar-refractivity contribution < 1.29 is 9.53 Å². The molecule has 2 rings (SSSR count). The van der Waals surface area contributed by atoms with E-state index >= 15 is 0 Å². The van der Waals surface area contributed by atoms with Crippen LogP contribution in [0.5, 0.6) is 0 Å². The van der Waals surface area contributed by atoms with Crippen molar-refractivity contribution in [3.63, 3.8) is 0 Å². The third-order valence-corrected chi connectivity index (χ3v) is 3.20. The number of carbonyl (C=O) groups is 1. The van der Waals surface area contributed by atoms with E-state index < -0.39 is 5.97 Å². The second-order valence-electron chi connectivity index (χ2n) is 4.53. The lowest BCUT2D eigenvalue weighted by Gasteiger charge is -2.08. The highest BCUT2D eigenvalue weighted by Crippen LogP contribution is 2.25. The quantitative estimate of drug-likeness (QED) is 0.856. The van der Waals surface area contributed by atoms with Crippen molar-refractivity contribution in [1.29, 1.82) is 0 Å². The molecule has 1 heterocycles. The van der Waals surface area contributed by atoms with Gasteiger partial charge in [0, 0.05) is 11.6 Å². The molecule has 0 amide bonds. The highest BCUT2D eigenvalue weighted by atomic mass is 16.5. The molecule has 0 fully saturated rings. The molecule has 4 heteroatoms. The Morgan fingerprint density at radius 3 is 2.89 bits per heavy atom. The molecule has 0 unspecified atom stereocenters. The van der Waals surface area contributed by atoms with E-state index in [1.807, 2.05) is 12.1 Å². The first-order chi connectivity index (χ1) is 9.17. The number of aromatic nitrogens is 1. The van der Waals surface area contributed by atoms with Crippen LogP contribution in [0.4, 0.5) is 5.69 Å². The summed E-state index contributed by atoms with van der Waals surface area (Å²) in [5, 5.41) is 0.816. The Kier molecular flexibility index (Phi) is 4.00. The molecule has 0 bridgehead atoms. The zero-order valence-electron chi connectivity index (χ0n) is 11.3. The Hall–Kier alpha value is -2.10. The molecular weight excluding hydrogens is 240 g/mol. The molecule has 0 aliphatic rings. The number of rotatable bonds is 4. The van der Waals surface area contributed by atoms with E-state index in [0.717, 1.165) is 30.2 Å². The van der Waals surface area contributed by atoms with Crippen molar-refractivity contribution >= 4 is 22.6 Å². The van der Waals surface area contributed by atoms with Gasteiger partial charge in [-0.1, -0.05) is 19.4 Å². The van der Waals surface area contributed by atoms with Gasteiger partial charge in [-0.3, -0.25) is 4.98 Å². The van der Waals surface area contributed by atoms with Gasteiger partial charge in [-0.2, -0.15) is 0 Å². The first-order valence-electron chi connectivity index (χ1n) is 6.42. The summed E-state index contributed by atoms with van der Waals surface area (Å²) in [5.41, 5.74) is 8.82. The number of pyridine rings is 1. The summed E-state index contributed by atoms with van der Waals surface area (Å²) in [6, 6.07) is 6.01. The van der Waals surface area contributed by atoms with Crippen LogP contribution in [0.15, 0.2) is 24.4 Å². The fourth-order valence-electron chi connectivity index (χ4n) is 2.07. The minimum absolute atomic E-state index is 0.322. The number of ether oxygens (including phenoxy) is 1. The number of esters is 1. The first kappa shape index (κ1) is 13.3. The maximum absolute atomic E-state index is 11.6. The molecular formula is C15H18N2O2. The molecule has 2 N–H and O–H groups in total. The average Bonchev–Trinajstić information content (AvgIpc) is 2.45. The van der Waals surface area contributed by atoms with E-state index in [-0.39, 0.29) is 0 Å². The summed E-state index contributed by atoms with van der Waals surface area (Å²) in [6.07, 6.45) is 4.76. The summed E-state index contributed by atoms with van der Waals surface area (Å²) in [7, 11) is 1.34. The normalized spacial score (nSPS) is 10.6. The zero-order chi connectivity index (χ0) is 13.8. The van der Waals surface area contributed by atoms with E-state index in [4.69, 9.17) is 10.5 Å². The van der Waals surface area contributed by atoms with Gasteiger partial charge in [0.05, 0.1) is 18.3 Å². The summed E-state index contributed by atoms with van der Waals surface area (Å²) in [5.74, 6) is -0.453. The van der Waals surface area contributed by atoms with Crippen LogP contribution in [0.25, 0.3) is 10.9 Å². The zero-order valence-corrected chi connectivity index (χ0v) is 11.3. The Balaban J connectivity index is 2.49. The van der Waals surface area contributed by atoms with Gasteiger partial charge >= 0.3 is 5.97 Å².